The summed E-state index contributed by atoms with van der Waals surface area (Å²) in [4.78, 5) is 3.75. The molecule has 0 bridgehead atoms. The normalized spacial score (nSPS) is 16.6. The van der Waals surface area contributed by atoms with Crippen molar-refractivity contribution in [3.8, 4) is 0 Å². The van der Waals surface area contributed by atoms with Gasteiger partial charge in [0.1, 0.15) is 0 Å². The molecule has 1 aromatic heterocycles. The summed E-state index contributed by atoms with van der Waals surface area (Å²) in [5.74, 6) is 0. The van der Waals surface area contributed by atoms with Crippen molar-refractivity contribution in [2.24, 2.45) is 0 Å². The van der Waals surface area contributed by atoms with Crippen LogP contribution in [0, 0.1) is 0 Å². The summed E-state index contributed by atoms with van der Waals surface area (Å²) in [5, 5.41) is 6.48. The highest BCUT2D eigenvalue weighted by Gasteiger charge is 2.31. The number of hydrogen-bond donors (Lipinski definition) is 1. The van der Waals surface area contributed by atoms with E-state index in [0.717, 1.165) is 18.1 Å². The molecule has 0 spiro atoms. The maximum atomic E-state index is 5.53. The summed E-state index contributed by atoms with van der Waals surface area (Å²) in [6, 6.07) is 5.43. The van der Waals surface area contributed by atoms with Crippen molar-refractivity contribution < 1.29 is 0 Å². The van der Waals surface area contributed by atoms with Crippen LogP contribution in [0.4, 0.5) is 0 Å². The van der Waals surface area contributed by atoms with E-state index >= 15 is 0 Å². The number of rotatable bonds is 5. The molecule has 0 aromatic carbocycles. The molecule has 1 saturated carbocycles. The van der Waals surface area contributed by atoms with Gasteiger partial charge in [-0.25, -0.2) is 0 Å². The van der Waals surface area contributed by atoms with Crippen molar-refractivity contribution in [3.05, 3.63) is 22.4 Å². The lowest BCUT2D eigenvalue weighted by molar-refractivity contribution is 0.392. The SMILES string of the molecule is CC[C@@H](C)NC(=S)N(Cc1cccs1)C1CC1. The van der Waals surface area contributed by atoms with E-state index in [1.807, 2.05) is 11.3 Å². The number of nitrogens with zero attached hydrogens (tertiary/aromatic N) is 1. The molecule has 2 nitrogen and oxygen atoms in total. The fourth-order valence-electron chi connectivity index (χ4n) is 1.72. The Labute approximate surface area is 113 Å². The molecule has 0 radical (unpaired) electrons. The zero-order valence-electron chi connectivity index (χ0n) is 10.5. The van der Waals surface area contributed by atoms with Gasteiger partial charge in [-0.2, -0.15) is 0 Å². The van der Waals surface area contributed by atoms with Gasteiger partial charge in [-0.05, 0) is 49.9 Å². The molecule has 1 heterocycles. The van der Waals surface area contributed by atoms with E-state index in [2.05, 4.69) is 41.6 Å². The van der Waals surface area contributed by atoms with Crippen LogP contribution in [0.25, 0.3) is 0 Å². The molecule has 0 unspecified atom stereocenters. The summed E-state index contributed by atoms with van der Waals surface area (Å²) in [5.41, 5.74) is 0. The first kappa shape index (κ1) is 12.8. The molecule has 94 valence electrons. The molecular formula is C13H20N2S2. The minimum Gasteiger partial charge on any atom is -0.360 e. The molecule has 1 N–H and O–H groups in total. The third-order valence-electron chi connectivity index (χ3n) is 3.14. The van der Waals surface area contributed by atoms with Crippen molar-refractivity contribution >= 4 is 28.7 Å². The Morgan fingerprint density at radius 2 is 2.41 bits per heavy atom. The van der Waals surface area contributed by atoms with Gasteiger partial charge in [-0.1, -0.05) is 13.0 Å². The minimum absolute atomic E-state index is 0.465. The summed E-state index contributed by atoms with van der Waals surface area (Å²) >= 11 is 7.34. The number of nitrogens with one attached hydrogen (secondary N) is 1. The molecule has 0 amide bonds. The molecule has 4 heteroatoms. The number of hydrogen-bond acceptors (Lipinski definition) is 2. The van der Waals surface area contributed by atoms with Gasteiger partial charge in [-0.15, -0.1) is 11.3 Å². The topological polar surface area (TPSA) is 15.3 Å². The van der Waals surface area contributed by atoms with Crippen LogP contribution in [0.1, 0.15) is 38.0 Å². The molecule has 1 fully saturated rings. The monoisotopic (exact) mass is 268 g/mol. The highest BCUT2D eigenvalue weighted by atomic mass is 32.1. The van der Waals surface area contributed by atoms with Crippen molar-refractivity contribution in [1.82, 2.24) is 10.2 Å². The average Bonchev–Trinajstić information content (AvgIpc) is 3.03. The van der Waals surface area contributed by atoms with Gasteiger partial charge in [0.05, 0.1) is 6.54 Å². The zero-order chi connectivity index (χ0) is 12.3. The summed E-state index contributed by atoms with van der Waals surface area (Å²) in [6.45, 7) is 5.33. The van der Waals surface area contributed by atoms with Crippen molar-refractivity contribution in [2.45, 2.75) is 51.7 Å². The molecule has 0 saturated heterocycles. The zero-order valence-corrected chi connectivity index (χ0v) is 12.1. The maximum absolute atomic E-state index is 5.53. The summed E-state index contributed by atoms with van der Waals surface area (Å²) in [7, 11) is 0. The van der Waals surface area contributed by atoms with E-state index in [1.54, 1.807) is 0 Å². The van der Waals surface area contributed by atoms with E-state index < -0.39 is 0 Å². The fourth-order valence-corrected chi connectivity index (χ4v) is 2.84. The van der Waals surface area contributed by atoms with Crippen LogP contribution in [0.5, 0.6) is 0 Å². The van der Waals surface area contributed by atoms with E-state index in [0.29, 0.717) is 12.1 Å². The molecule has 0 aliphatic heterocycles. The molecule has 1 aliphatic carbocycles. The second-order valence-corrected chi connectivity index (χ2v) is 6.12. The van der Waals surface area contributed by atoms with Crippen LogP contribution in [-0.2, 0) is 6.54 Å². The summed E-state index contributed by atoms with van der Waals surface area (Å²) < 4.78 is 0. The van der Waals surface area contributed by atoms with Gasteiger partial charge in [0.25, 0.3) is 0 Å². The smallest absolute Gasteiger partial charge is 0.169 e. The Hall–Kier alpha value is -0.610. The Balaban J connectivity index is 1.94. The second-order valence-electron chi connectivity index (χ2n) is 4.70. The number of thiocarbonyl (C=S) groups is 1. The molecule has 1 atom stereocenters. The van der Waals surface area contributed by atoms with Crippen molar-refractivity contribution in [1.29, 1.82) is 0 Å². The highest BCUT2D eigenvalue weighted by molar-refractivity contribution is 7.80. The standard InChI is InChI=1S/C13H20N2S2/c1-3-10(2)14-13(16)15(11-6-7-11)9-12-5-4-8-17-12/h4-5,8,10-11H,3,6-7,9H2,1-2H3,(H,14,16)/t10-/m1/s1. The van der Waals surface area contributed by atoms with Crippen LogP contribution < -0.4 is 5.32 Å². The Kier molecular flexibility index (Phi) is 4.40. The Bertz CT molecular complexity index is 358. The Morgan fingerprint density at radius 3 is 2.94 bits per heavy atom. The molecule has 1 aromatic rings. The van der Waals surface area contributed by atoms with Crippen molar-refractivity contribution in [3.63, 3.8) is 0 Å². The van der Waals surface area contributed by atoms with E-state index in [-0.39, 0.29) is 0 Å². The first-order valence-corrected chi connectivity index (χ1v) is 7.59. The third-order valence-corrected chi connectivity index (χ3v) is 4.35. The number of thiophene rings is 1. The van der Waals surface area contributed by atoms with Crippen LogP contribution in [0.2, 0.25) is 0 Å². The molecule has 2 rings (SSSR count). The Morgan fingerprint density at radius 1 is 1.65 bits per heavy atom. The van der Waals surface area contributed by atoms with Crippen LogP contribution in [0.3, 0.4) is 0 Å². The van der Waals surface area contributed by atoms with Crippen molar-refractivity contribution in [2.75, 3.05) is 0 Å². The quantitative estimate of drug-likeness (QED) is 0.824. The molecule has 17 heavy (non-hydrogen) atoms. The largest absolute Gasteiger partial charge is 0.360 e. The first-order valence-electron chi connectivity index (χ1n) is 6.30. The predicted molar refractivity (Wildman–Crippen MR) is 78.4 cm³/mol. The van der Waals surface area contributed by atoms with Crippen LogP contribution in [-0.4, -0.2) is 22.1 Å². The van der Waals surface area contributed by atoms with Gasteiger partial charge >= 0.3 is 0 Å². The van der Waals surface area contributed by atoms with Gasteiger partial charge in [0.15, 0.2) is 5.11 Å². The fraction of sp³-hybridized carbons (Fsp3) is 0.615. The van der Waals surface area contributed by atoms with E-state index in [1.165, 1.54) is 17.7 Å². The summed E-state index contributed by atoms with van der Waals surface area (Å²) in [6.07, 6.45) is 3.68. The lowest BCUT2D eigenvalue weighted by Gasteiger charge is -2.27. The van der Waals surface area contributed by atoms with Gasteiger partial charge in [-0.3, -0.25) is 0 Å². The maximum Gasteiger partial charge on any atom is 0.169 e. The molecular weight excluding hydrogens is 248 g/mol. The third kappa shape index (κ3) is 3.68. The predicted octanol–water partition coefficient (Wildman–Crippen LogP) is 3.39. The lowest BCUT2D eigenvalue weighted by atomic mass is 10.3. The lowest BCUT2D eigenvalue weighted by Crippen LogP contribution is -2.44. The first-order chi connectivity index (χ1) is 8.20. The minimum atomic E-state index is 0.465. The second kappa shape index (κ2) is 5.83. The van der Waals surface area contributed by atoms with Crippen LogP contribution in [0.15, 0.2) is 17.5 Å². The van der Waals surface area contributed by atoms with Crippen LogP contribution >= 0.6 is 23.6 Å². The highest BCUT2D eigenvalue weighted by Crippen LogP contribution is 2.29. The van der Waals surface area contributed by atoms with Gasteiger partial charge in [0.2, 0.25) is 0 Å². The van der Waals surface area contributed by atoms with Gasteiger partial charge < -0.3 is 10.2 Å². The van der Waals surface area contributed by atoms with E-state index in [4.69, 9.17) is 12.2 Å². The van der Waals surface area contributed by atoms with E-state index in [9.17, 15) is 0 Å². The van der Waals surface area contributed by atoms with Gasteiger partial charge in [0, 0.05) is 17.0 Å². The average molecular weight is 268 g/mol. The molecule has 1 aliphatic rings.